The largest absolute Gasteiger partial charge is 0.491 e. The summed E-state index contributed by atoms with van der Waals surface area (Å²) in [5.41, 5.74) is 4.13. The van der Waals surface area contributed by atoms with Gasteiger partial charge < -0.3 is 9.14 Å². The molecule has 2 aromatic heterocycles. The third-order valence-electron chi connectivity index (χ3n) is 3.45. The lowest BCUT2D eigenvalue weighted by molar-refractivity contribution is 0.242. The first kappa shape index (κ1) is 15.0. The highest BCUT2D eigenvalue weighted by Crippen LogP contribution is 2.24. The highest BCUT2D eigenvalue weighted by molar-refractivity contribution is 5.69. The first-order chi connectivity index (χ1) is 11.2. The van der Waals surface area contributed by atoms with Crippen LogP contribution in [0, 0.1) is 0 Å². The molecule has 4 nitrogen and oxygen atoms in total. The minimum Gasteiger partial charge on any atom is -0.491 e. The molecular formula is C19H19N3O. The maximum atomic E-state index is 5.68. The van der Waals surface area contributed by atoms with Gasteiger partial charge in [0.05, 0.1) is 18.0 Å². The van der Waals surface area contributed by atoms with Crippen LogP contribution < -0.4 is 4.74 Å². The Hall–Kier alpha value is -2.88. The number of nitrogens with zero attached hydrogens (tertiary/aromatic N) is 3. The topological polar surface area (TPSA) is 38.9 Å². The van der Waals surface area contributed by atoms with Crippen molar-refractivity contribution in [1.29, 1.82) is 0 Å². The van der Waals surface area contributed by atoms with Crippen LogP contribution in [0.5, 0.6) is 5.75 Å². The molecule has 2 heterocycles. The summed E-state index contributed by atoms with van der Waals surface area (Å²) >= 11 is 0. The van der Waals surface area contributed by atoms with Gasteiger partial charge in [0, 0.05) is 12.4 Å². The van der Waals surface area contributed by atoms with E-state index in [1.165, 1.54) is 0 Å². The first-order valence-corrected chi connectivity index (χ1v) is 7.54. The van der Waals surface area contributed by atoms with Crippen molar-refractivity contribution in [3.05, 3.63) is 60.7 Å². The predicted molar refractivity (Wildman–Crippen MR) is 95.0 cm³/mol. The predicted octanol–water partition coefficient (Wildman–Crippen LogP) is 4.46. The number of rotatable bonds is 5. The molecule has 0 aliphatic carbocycles. The molecule has 0 unspecified atom stereocenters. The van der Waals surface area contributed by atoms with Crippen molar-refractivity contribution in [3.8, 4) is 16.9 Å². The van der Waals surface area contributed by atoms with Crippen LogP contribution in [-0.2, 0) is 0 Å². The van der Waals surface area contributed by atoms with Gasteiger partial charge in [0.2, 0.25) is 0 Å². The molecule has 1 aromatic carbocycles. The van der Waals surface area contributed by atoms with Crippen LogP contribution in [-0.4, -0.2) is 22.2 Å². The summed E-state index contributed by atoms with van der Waals surface area (Å²) in [4.78, 5) is 8.17. The Morgan fingerprint density at radius 1 is 1.17 bits per heavy atom. The first-order valence-electron chi connectivity index (χ1n) is 7.54. The minimum atomic E-state index is 0.179. The molecule has 0 aliphatic heterocycles. The van der Waals surface area contributed by atoms with Gasteiger partial charge in [0.25, 0.3) is 0 Å². The van der Waals surface area contributed by atoms with Crippen LogP contribution in [0.25, 0.3) is 22.9 Å². The number of fused-ring (bicyclic) bond motifs is 1. The summed E-state index contributed by atoms with van der Waals surface area (Å²) in [6, 6.07) is 12.3. The van der Waals surface area contributed by atoms with Gasteiger partial charge in [-0.1, -0.05) is 12.1 Å². The van der Waals surface area contributed by atoms with E-state index in [0.717, 1.165) is 28.2 Å². The molecule has 0 spiro atoms. The molecule has 0 saturated heterocycles. The second-order valence-corrected chi connectivity index (χ2v) is 5.52. The molecule has 0 N–H and O–H groups in total. The van der Waals surface area contributed by atoms with Gasteiger partial charge in [-0.05, 0) is 62.0 Å². The Morgan fingerprint density at radius 3 is 2.65 bits per heavy atom. The van der Waals surface area contributed by atoms with Gasteiger partial charge in [-0.15, -0.1) is 0 Å². The van der Waals surface area contributed by atoms with Crippen LogP contribution in [0.15, 0.2) is 60.0 Å². The molecule has 23 heavy (non-hydrogen) atoms. The molecule has 3 aromatic rings. The Labute approximate surface area is 135 Å². The van der Waals surface area contributed by atoms with Gasteiger partial charge in [0.15, 0.2) is 0 Å². The summed E-state index contributed by atoms with van der Waals surface area (Å²) in [6.07, 6.45) is 7.55. The van der Waals surface area contributed by atoms with Crippen molar-refractivity contribution >= 4 is 18.4 Å². The molecule has 4 heteroatoms. The van der Waals surface area contributed by atoms with Crippen molar-refractivity contribution in [1.82, 2.24) is 9.38 Å². The normalized spacial score (nSPS) is 11.4. The Kier molecular flexibility index (Phi) is 4.24. The van der Waals surface area contributed by atoms with E-state index in [0.29, 0.717) is 0 Å². The van der Waals surface area contributed by atoms with Crippen LogP contribution in [0.3, 0.4) is 0 Å². The summed E-state index contributed by atoms with van der Waals surface area (Å²) in [6.45, 7) is 7.49. The molecule has 0 bridgehead atoms. The van der Waals surface area contributed by atoms with Crippen LogP contribution in [0.2, 0.25) is 0 Å². The zero-order valence-electron chi connectivity index (χ0n) is 13.3. The average molecular weight is 305 g/mol. The fourth-order valence-electron chi connectivity index (χ4n) is 2.43. The van der Waals surface area contributed by atoms with Crippen LogP contribution >= 0.6 is 0 Å². The summed E-state index contributed by atoms with van der Waals surface area (Å²) < 4.78 is 7.69. The van der Waals surface area contributed by atoms with E-state index >= 15 is 0 Å². The van der Waals surface area contributed by atoms with Gasteiger partial charge in [-0.2, -0.15) is 0 Å². The van der Waals surface area contributed by atoms with Gasteiger partial charge in [0.1, 0.15) is 11.4 Å². The standard InChI is InChI=1S/C19H19N3O/c1-14(2)23-18-6-4-15(5-7-18)16-9-11-22-17(8-10-20-3)13-21-19(22)12-16/h4-14H,3H2,1-2H3. The number of aromatic nitrogens is 2. The number of hydrogen-bond acceptors (Lipinski definition) is 3. The fraction of sp³-hybridized carbons (Fsp3) is 0.158. The average Bonchev–Trinajstić information content (AvgIpc) is 2.95. The Bertz CT molecular complexity index is 845. The highest BCUT2D eigenvalue weighted by Gasteiger charge is 2.04. The maximum absolute atomic E-state index is 5.68. The minimum absolute atomic E-state index is 0.179. The van der Waals surface area contributed by atoms with E-state index in [9.17, 15) is 0 Å². The molecule has 3 rings (SSSR count). The Morgan fingerprint density at radius 2 is 1.96 bits per heavy atom. The van der Waals surface area contributed by atoms with Gasteiger partial charge >= 0.3 is 0 Å². The van der Waals surface area contributed by atoms with E-state index in [4.69, 9.17) is 4.74 Å². The van der Waals surface area contributed by atoms with Crippen molar-refractivity contribution in [2.45, 2.75) is 20.0 Å². The molecule has 0 amide bonds. The van der Waals surface area contributed by atoms with Crippen LogP contribution in [0.4, 0.5) is 0 Å². The molecule has 0 fully saturated rings. The smallest absolute Gasteiger partial charge is 0.137 e. The number of hydrogen-bond donors (Lipinski definition) is 0. The van der Waals surface area contributed by atoms with E-state index in [1.807, 2.05) is 48.9 Å². The Balaban J connectivity index is 1.91. The summed E-state index contributed by atoms with van der Waals surface area (Å²) in [5, 5.41) is 0. The van der Waals surface area contributed by atoms with Gasteiger partial charge in [-0.25, -0.2) is 4.98 Å². The van der Waals surface area contributed by atoms with Gasteiger partial charge in [-0.3, -0.25) is 4.99 Å². The summed E-state index contributed by atoms with van der Waals surface area (Å²) in [5.74, 6) is 0.884. The number of imidazole rings is 1. The monoisotopic (exact) mass is 305 g/mol. The molecule has 0 saturated carbocycles. The third kappa shape index (κ3) is 3.31. The van der Waals surface area contributed by atoms with Crippen molar-refractivity contribution in [3.63, 3.8) is 0 Å². The zero-order chi connectivity index (χ0) is 16.2. The number of aliphatic imine (C=N–C) groups is 1. The zero-order valence-corrected chi connectivity index (χ0v) is 13.3. The molecule has 0 aliphatic rings. The van der Waals surface area contributed by atoms with Crippen molar-refractivity contribution in [2.24, 2.45) is 4.99 Å². The number of benzene rings is 1. The summed E-state index contributed by atoms with van der Waals surface area (Å²) in [7, 11) is 0. The lowest BCUT2D eigenvalue weighted by Gasteiger charge is -2.10. The van der Waals surface area contributed by atoms with Crippen molar-refractivity contribution < 1.29 is 4.74 Å². The van der Waals surface area contributed by atoms with E-state index < -0.39 is 0 Å². The molecular weight excluding hydrogens is 286 g/mol. The molecule has 0 radical (unpaired) electrons. The lowest BCUT2D eigenvalue weighted by Crippen LogP contribution is -2.05. The van der Waals surface area contributed by atoms with Crippen LogP contribution in [0.1, 0.15) is 19.5 Å². The third-order valence-corrected chi connectivity index (χ3v) is 3.45. The molecule has 116 valence electrons. The molecule has 0 atom stereocenters. The quantitative estimate of drug-likeness (QED) is 0.653. The highest BCUT2D eigenvalue weighted by atomic mass is 16.5. The maximum Gasteiger partial charge on any atom is 0.137 e. The van der Waals surface area contributed by atoms with Crippen molar-refractivity contribution in [2.75, 3.05) is 0 Å². The number of pyridine rings is 1. The SMILES string of the molecule is C=NC=Cc1cnc2cc(-c3ccc(OC(C)C)cc3)ccn12. The second kappa shape index (κ2) is 6.48. The lowest BCUT2D eigenvalue weighted by atomic mass is 10.1. The van der Waals surface area contributed by atoms with E-state index in [-0.39, 0.29) is 6.10 Å². The van der Waals surface area contributed by atoms with E-state index in [2.05, 4.69) is 41.0 Å². The van der Waals surface area contributed by atoms with E-state index in [1.54, 1.807) is 6.20 Å². The number of ether oxygens (including phenoxy) is 1. The fourth-order valence-corrected chi connectivity index (χ4v) is 2.43. The second-order valence-electron chi connectivity index (χ2n) is 5.52.